The smallest absolute Gasteiger partial charge is 0.203 e. The zero-order valence-electron chi connectivity index (χ0n) is 13.4. The Morgan fingerprint density at radius 3 is 1.82 bits per heavy atom. The number of benzene rings is 1. The van der Waals surface area contributed by atoms with E-state index in [-0.39, 0.29) is 0 Å². The van der Waals surface area contributed by atoms with Crippen molar-refractivity contribution in [3.63, 3.8) is 0 Å². The molecule has 0 radical (unpaired) electrons. The van der Waals surface area contributed by atoms with Crippen LogP contribution in [0.5, 0.6) is 23.0 Å². The van der Waals surface area contributed by atoms with E-state index in [2.05, 4.69) is 4.98 Å². The predicted molar refractivity (Wildman–Crippen MR) is 85.0 cm³/mol. The summed E-state index contributed by atoms with van der Waals surface area (Å²) < 4.78 is 21.4. The summed E-state index contributed by atoms with van der Waals surface area (Å²) in [6.07, 6.45) is 0. The first-order valence-electron chi connectivity index (χ1n) is 6.67. The van der Waals surface area contributed by atoms with Crippen molar-refractivity contribution >= 4 is 5.82 Å². The molecule has 2 rings (SSSR count). The maximum atomic E-state index is 6.05. The fourth-order valence-electron chi connectivity index (χ4n) is 2.28. The molecule has 0 aliphatic carbocycles. The Bertz CT molecular complexity index is 661. The number of hydrogen-bond donors (Lipinski definition) is 1. The average Bonchev–Trinajstić information content (AvgIpc) is 2.53. The quantitative estimate of drug-likeness (QED) is 0.915. The predicted octanol–water partition coefficient (Wildman–Crippen LogP) is 2.67. The van der Waals surface area contributed by atoms with Gasteiger partial charge in [-0.1, -0.05) is 0 Å². The van der Waals surface area contributed by atoms with Crippen molar-refractivity contribution < 1.29 is 18.9 Å². The molecule has 0 saturated carbocycles. The van der Waals surface area contributed by atoms with Gasteiger partial charge < -0.3 is 24.7 Å². The van der Waals surface area contributed by atoms with Gasteiger partial charge in [0.2, 0.25) is 5.75 Å². The monoisotopic (exact) mass is 304 g/mol. The van der Waals surface area contributed by atoms with Gasteiger partial charge in [-0.3, -0.25) is 0 Å². The van der Waals surface area contributed by atoms with Crippen LogP contribution in [0.25, 0.3) is 11.1 Å². The number of nitrogens with zero attached hydrogens (tertiary/aromatic N) is 1. The lowest BCUT2D eigenvalue weighted by Crippen LogP contribution is -2.00. The van der Waals surface area contributed by atoms with E-state index in [4.69, 9.17) is 24.7 Å². The molecule has 6 heteroatoms. The highest BCUT2D eigenvalue weighted by atomic mass is 16.5. The number of methoxy groups -OCH3 is 4. The highest BCUT2D eigenvalue weighted by Gasteiger charge is 2.17. The van der Waals surface area contributed by atoms with Gasteiger partial charge in [-0.25, -0.2) is 4.98 Å². The lowest BCUT2D eigenvalue weighted by Gasteiger charge is -2.16. The molecule has 0 fully saturated rings. The first-order valence-corrected chi connectivity index (χ1v) is 6.67. The minimum atomic E-state index is 0.410. The summed E-state index contributed by atoms with van der Waals surface area (Å²) in [5, 5.41) is 0. The minimum Gasteiger partial charge on any atom is -0.495 e. The van der Waals surface area contributed by atoms with Crippen molar-refractivity contribution in [2.24, 2.45) is 0 Å². The summed E-state index contributed by atoms with van der Waals surface area (Å²) in [5.41, 5.74) is 8.32. The van der Waals surface area contributed by atoms with Crippen LogP contribution in [0.2, 0.25) is 0 Å². The first kappa shape index (κ1) is 15.8. The number of nitrogen functional groups attached to an aromatic ring is 1. The highest BCUT2D eigenvalue weighted by Crippen LogP contribution is 2.42. The third kappa shape index (κ3) is 2.72. The number of rotatable bonds is 5. The van der Waals surface area contributed by atoms with Crippen LogP contribution >= 0.6 is 0 Å². The van der Waals surface area contributed by atoms with Crippen molar-refractivity contribution in [3.05, 3.63) is 23.9 Å². The van der Waals surface area contributed by atoms with Crippen LogP contribution in [0.15, 0.2) is 18.2 Å². The van der Waals surface area contributed by atoms with Gasteiger partial charge in [0.15, 0.2) is 11.5 Å². The van der Waals surface area contributed by atoms with Crippen molar-refractivity contribution in [3.8, 4) is 34.1 Å². The number of ether oxygens (including phenoxy) is 4. The average molecular weight is 304 g/mol. The molecule has 0 saturated heterocycles. The molecular weight excluding hydrogens is 284 g/mol. The Morgan fingerprint density at radius 1 is 0.818 bits per heavy atom. The molecule has 1 aromatic heterocycles. The minimum absolute atomic E-state index is 0.410. The van der Waals surface area contributed by atoms with E-state index in [0.717, 1.165) is 16.8 Å². The summed E-state index contributed by atoms with van der Waals surface area (Å²) in [7, 11) is 6.29. The molecule has 0 unspecified atom stereocenters. The topological polar surface area (TPSA) is 75.8 Å². The maximum Gasteiger partial charge on any atom is 0.203 e. The van der Waals surface area contributed by atoms with Gasteiger partial charge in [-0.2, -0.15) is 0 Å². The SMILES string of the molecule is COc1cc(-c2cc(OC)c(OC)c(OC)c2)c(N)nc1C. The third-order valence-electron chi connectivity index (χ3n) is 3.39. The Kier molecular flexibility index (Phi) is 4.60. The van der Waals surface area contributed by atoms with E-state index in [9.17, 15) is 0 Å². The number of anilines is 1. The molecular formula is C16H20N2O4. The third-order valence-corrected chi connectivity index (χ3v) is 3.39. The normalized spacial score (nSPS) is 10.2. The van der Waals surface area contributed by atoms with Crippen LogP contribution in [-0.4, -0.2) is 33.4 Å². The van der Waals surface area contributed by atoms with Gasteiger partial charge in [0.25, 0.3) is 0 Å². The second kappa shape index (κ2) is 6.43. The molecule has 0 aliphatic rings. The molecule has 0 aliphatic heterocycles. The Balaban J connectivity index is 2.67. The molecule has 6 nitrogen and oxygen atoms in total. The summed E-state index contributed by atoms with van der Waals surface area (Å²) in [6.45, 7) is 1.84. The number of nitrogens with two attached hydrogens (primary N) is 1. The number of aromatic nitrogens is 1. The molecule has 2 aromatic rings. The second-order valence-corrected chi connectivity index (χ2v) is 4.62. The first-order chi connectivity index (χ1) is 10.5. The van der Waals surface area contributed by atoms with Gasteiger partial charge in [0.05, 0.1) is 34.1 Å². The van der Waals surface area contributed by atoms with Crippen LogP contribution in [0.4, 0.5) is 5.82 Å². The van der Waals surface area contributed by atoms with Gasteiger partial charge in [0.1, 0.15) is 11.6 Å². The van der Waals surface area contributed by atoms with Crippen molar-refractivity contribution in [1.29, 1.82) is 0 Å². The number of aryl methyl sites for hydroxylation is 1. The van der Waals surface area contributed by atoms with Crippen molar-refractivity contribution in [1.82, 2.24) is 4.98 Å². The van der Waals surface area contributed by atoms with Crippen molar-refractivity contribution in [2.75, 3.05) is 34.2 Å². The van der Waals surface area contributed by atoms with E-state index in [1.165, 1.54) is 0 Å². The molecule has 0 atom stereocenters. The molecule has 0 spiro atoms. The summed E-state index contributed by atoms with van der Waals surface area (Å²) in [6, 6.07) is 5.49. The standard InChI is InChI=1S/C16H20N2O4/c1-9-12(19-2)8-11(16(17)18-9)10-6-13(20-3)15(22-5)14(7-10)21-4/h6-8H,1-5H3,(H2,17,18). The number of pyridine rings is 1. The van der Waals surface area contributed by atoms with Crippen LogP contribution in [0.3, 0.4) is 0 Å². The summed E-state index contributed by atoms with van der Waals surface area (Å²) in [4.78, 5) is 4.31. The molecule has 0 bridgehead atoms. The van der Waals surface area contributed by atoms with Gasteiger partial charge in [-0.05, 0) is 30.7 Å². The van der Waals surface area contributed by atoms with Gasteiger partial charge in [0, 0.05) is 5.56 Å². The molecule has 1 heterocycles. The molecule has 0 amide bonds. The Labute approximate surface area is 129 Å². The zero-order chi connectivity index (χ0) is 16.3. The lowest BCUT2D eigenvalue weighted by molar-refractivity contribution is 0.324. The summed E-state index contributed by atoms with van der Waals surface area (Å²) >= 11 is 0. The van der Waals surface area contributed by atoms with E-state index in [0.29, 0.717) is 28.8 Å². The Hall–Kier alpha value is -2.63. The molecule has 2 N–H and O–H groups in total. The zero-order valence-corrected chi connectivity index (χ0v) is 13.4. The molecule has 1 aromatic carbocycles. The summed E-state index contributed by atoms with van der Waals surface area (Å²) in [5.74, 6) is 2.71. The van der Waals surface area contributed by atoms with E-state index < -0.39 is 0 Å². The van der Waals surface area contributed by atoms with Crippen LogP contribution in [0, 0.1) is 6.92 Å². The van der Waals surface area contributed by atoms with Crippen molar-refractivity contribution in [2.45, 2.75) is 6.92 Å². The van der Waals surface area contributed by atoms with Crippen LogP contribution in [0.1, 0.15) is 5.69 Å². The van der Waals surface area contributed by atoms with E-state index in [1.807, 2.05) is 25.1 Å². The van der Waals surface area contributed by atoms with Gasteiger partial charge >= 0.3 is 0 Å². The fourth-order valence-corrected chi connectivity index (χ4v) is 2.28. The van der Waals surface area contributed by atoms with Crippen LogP contribution < -0.4 is 24.7 Å². The second-order valence-electron chi connectivity index (χ2n) is 4.62. The highest BCUT2D eigenvalue weighted by molar-refractivity contribution is 5.79. The van der Waals surface area contributed by atoms with Gasteiger partial charge in [-0.15, -0.1) is 0 Å². The fraction of sp³-hybridized carbons (Fsp3) is 0.312. The van der Waals surface area contributed by atoms with E-state index >= 15 is 0 Å². The Morgan fingerprint density at radius 2 is 1.36 bits per heavy atom. The maximum absolute atomic E-state index is 6.05. The lowest BCUT2D eigenvalue weighted by atomic mass is 10.0. The largest absolute Gasteiger partial charge is 0.495 e. The van der Waals surface area contributed by atoms with Crippen LogP contribution in [-0.2, 0) is 0 Å². The number of hydrogen-bond acceptors (Lipinski definition) is 6. The van der Waals surface area contributed by atoms with E-state index in [1.54, 1.807) is 28.4 Å². The molecule has 118 valence electrons. The molecule has 22 heavy (non-hydrogen) atoms.